The Balaban J connectivity index is 3.53. The van der Waals surface area contributed by atoms with Gasteiger partial charge in [-0.25, -0.2) is 0 Å². The predicted molar refractivity (Wildman–Crippen MR) is 40.1 cm³/mol. The van der Waals surface area contributed by atoms with Gasteiger partial charge in [0.2, 0.25) is 0 Å². The van der Waals surface area contributed by atoms with Gasteiger partial charge in [-0.05, 0) is 19.5 Å². The van der Waals surface area contributed by atoms with E-state index in [4.69, 9.17) is 4.55 Å². The minimum absolute atomic E-state index is 0.0916. The lowest BCUT2D eigenvalue weighted by atomic mass is 11.0. The van der Waals surface area contributed by atoms with Crippen LogP contribution in [0.3, 0.4) is 0 Å². The molecule has 0 aromatic carbocycles. The Bertz CT molecular complexity index is 161. The summed E-state index contributed by atoms with van der Waals surface area (Å²) in [5.41, 5.74) is 0. The lowest BCUT2D eigenvalue weighted by Gasteiger charge is -2.00. The van der Waals surface area contributed by atoms with E-state index in [1.165, 1.54) is 0 Å². The van der Waals surface area contributed by atoms with Gasteiger partial charge >= 0.3 is 0 Å². The van der Waals surface area contributed by atoms with Gasteiger partial charge < -0.3 is 0 Å². The molecule has 0 unspecified atom stereocenters. The highest BCUT2D eigenvalue weighted by atomic mass is 32.2. The summed E-state index contributed by atoms with van der Waals surface area (Å²) >= 11 is 0. The molecule has 0 bridgehead atoms. The van der Waals surface area contributed by atoms with Crippen molar-refractivity contribution in [2.75, 3.05) is 25.2 Å². The molecule has 0 aliphatic carbocycles. The minimum atomic E-state index is -3.70. The molecular weight excluding hydrogens is 159 g/mol. The molecule has 9 heavy (non-hydrogen) atoms. The van der Waals surface area contributed by atoms with Crippen molar-refractivity contribution in [1.82, 2.24) is 0 Å². The van der Waals surface area contributed by atoms with Crippen LogP contribution < -0.4 is 0 Å². The van der Waals surface area contributed by atoms with Crippen LogP contribution in [0.25, 0.3) is 0 Å². The maximum absolute atomic E-state index is 10.1. The third-order valence-electron chi connectivity index (χ3n) is 0.796. The van der Waals surface area contributed by atoms with Crippen LogP contribution in [0.2, 0.25) is 0 Å². The summed E-state index contributed by atoms with van der Waals surface area (Å²) in [6.07, 6.45) is 0.591. The highest BCUT2D eigenvalue weighted by Gasteiger charge is 2.04. The highest BCUT2D eigenvalue weighted by molar-refractivity contribution is 7.86. The fourth-order valence-electron chi connectivity index (χ4n) is 0.298. The molecule has 0 spiro atoms. The van der Waals surface area contributed by atoms with Crippen LogP contribution in [0, 0.1) is 0 Å². The van der Waals surface area contributed by atoms with Gasteiger partial charge in [0.05, 0.1) is 5.75 Å². The topological polar surface area (TPSA) is 54.4 Å². The molecule has 0 atom stereocenters. The molecule has 1 N–H and O–H groups in total. The van der Waals surface area contributed by atoms with Crippen molar-refractivity contribution < 1.29 is 13.0 Å². The van der Waals surface area contributed by atoms with Crippen LogP contribution in [0.15, 0.2) is 0 Å². The first-order valence-corrected chi connectivity index (χ1v) is 6.55. The number of hydrogen-bond donors (Lipinski definition) is 1. The lowest BCUT2D eigenvalue weighted by Crippen LogP contribution is -2.06. The third-order valence-corrected chi connectivity index (χ3v) is 2.94. The lowest BCUT2D eigenvalue weighted by molar-refractivity contribution is 0.485. The number of rotatable bonds is 3. The zero-order valence-corrected chi connectivity index (χ0v) is 7.24. The molecule has 3 nitrogen and oxygen atoms in total. The summed E-state index contributed by atoms with van der Waals surface area (Å²) in [5.74, 6) is -0.0916. The maximum atomic E-state index is 10.1. The van der Waals surface area contributed by atoms with Crippen molar-refractivity contribution in [3.63, 3.8) is 0 Å². The van der Waals surface area contributed by atoms with Crippen molar-refractivity contribution in [2.24, 2.45) is 0 Å². The fourth-order valence-corrected chi connectivity index (χ4v) is 2.68. The summed E-state index contributed by atoms with van der Waals surface area (Å²) in [7, 11) is -3.91. The molecule has 0 fully saturated rings. The zero-order chi connectivity index (χ0) is 7.49. The maximum Gasteiger partial charge on any atom is 0.265 e. The Kier molecular flexibility index (Phi) is 3.63. The Morgan fingerprint density at radius 1 is 1.44 bits per heavy atom. The Morgan fingerprint density at radius 3 is 2.00 bits per heavy atom. The van der Waals surface area contributed by atoms with Gasteiger partial charge in [0.25, 0.3) is 10.1 Å². The summed E-state index contributed by atoms with van der Waals surface area (Å²) in [6, 6.07) is 0. The van der Waals surface area contributed by atoms with Crippen LogP contribution in [0.1, 0.15) is 0 Å². The largest absolute Gasteiger partial charge is 0.286 e. The van der Waals surface area contributed by atoms with Gasteiger partial charge in [-0.2, -0.15) is 8.42 Å². The molecule has 5 heteroatoms. The van der Waals surface area contributed by atoms with Crippen molar-refractivity contribution in [2.45, 2.75) is 0 Å². The molecule has 0 aliphatic rings. The van der Waals surface area contributed by atoms with Gasteiger partial charge in [-0.15, -0.1) is 7.92 Å². The fraction of sp³-hybridized carbons (Fsp3) is 1.00. The van der Waals surface area contributed by atoms with Crippen LogP contribution in [0.5, 0.6) is 0 Å². The van der Waals surface area contributed by atoms with Crippen molar-refractivity contribution >= 4 is 18.0 Å². The smallest absolute Gasteiger partial charge is 0.265 e. The van der Waals surface area contributed by atoms with Gasteiger partial charge in [-0.1, -0.05) is 0 Å². The second-order valence-electron chi connectivity index (χ2n) is 2.09. The molecule has 0 saturated heterocycles. The van der Waals surface area contributed by atoms with Crippen LogP contribution in [-0.2, 0) is 10.1 Å². The van der Waals surface area contributed by atoms with Crippen LogP contribution >= 0.6 is 7.92 Å². The van der Waals surface area contributed by atoms with E-state index in [9.17, 15) is 8.42 Å². The molecular formula is C4H11O3PS. The van der Waals surface area contributed by atoms with E-state index in [1.807, 2.05) is 13.3 Å². The average molecular weight is 170 g/mol. The van der Waals surface area contributed by atoms with E-state index in [1.54, 1.807) is 0 Å². The van der Waals surface area contributed by atoms with Crippen molar-refractivity contribution in [1.29, 1.82) is 0 Å². The monoisotopic (exact) mass is 170 g/mol. The second-order valence-corrected chi connectivity index (χ2v) is 6.27. The highest BCUT2D eigenvalue weighted by Crippen LogP contribution is 2.23. The van der Waals surface area contributed by atoms with Crippen molar-refractivity contribution in [3.05, 3.63) is 0 Å². The molecule has 56 valence electrons. The van der Waals surface area contributed by atoms with Gasteiger partial charge in [0, 0.05) is 0 Å². The van der Waals surface area contributed by atoms with E-state index < -0.39 is 10.1 Å². The summed E-state index contributed by atoms with van der Waals surface area (Å²) in [4.78, 5) is 0. The molecule has 0 saturated carbocycles. The average Bonchev–Trinajstić information content (AvgIpc) is 1.59. The van der Waals surface area contributed by atoms with E-state index in [2.05, 4.69) is 0 Å². The molecule has 0 aliphatic heterocycles. The quantitative estimate of drug-likeness (QED) is 0.499. The number of hydrogen-bond acceptors (Lipinski definition) is 2. The van der Waals surface area contributed by atoms with E-state index in [0.29, 0.717) is 6.16 Å². The third kappa shape index (κ3) is 8.34. The SMILES string of the molecule is CP(C)CCS(=O)(=O)O. The molecule has 0 aromatic rings. The van der Waals surface area contributed by atoms with Gasteiger partial charge in [0.15, 0.2) is 0 Å². The summed E-state index contributed by atoms with van der Waals surface area (Å²) in [6.45, 7) is 3.95. The molecule has 0 aromatic heterocycles. The van der Waals surface area contributed by atoms with Crippen molar-refractivity contribution in [3.8, 4) is 0 Å². The second kappa shape index (κ2) is 3.49. The van der Waals surface area contributed by atoms with Gasteiger partial charge in [0.1, 0.15) is 0 Å². The molecule has 0 amide bonds. The minimum Gasteiger partial charge on any atom is -0.286 e. The molecule has 0 rings (SSSR count). The Hall–Kier alpha value is 0.340. The van der Waals surface area contributed by atoms with Crippen LogP contribution in [-0.4, -0.2) is 38.2 Å². The van der Waals surface area contributed by atoms with E-state index >= 15 is 0 Å². The first-order chi connectivity index (χ1) is 3.92. The summed E-state index contributed by atoms with van der Waals surface area (Å²) in [5, 5.41) is 0. The van der Waals surface area contributed by atoms with Crippen LogP contribution in [0.4, 0.5) is 0 Å². The zero-order valence-electron chi connectivity index (χ0n) is 5.53. The predicted octanol–water partition coefficient (Wildman–Crippen LogP) is 0.616. The van der Waals surface area contributed by atoms with Gasteiger partial charge in [-0.3, -0.25) is 4.55 Å². The molecule has 0 radical (unpaired) electrons. The van der Waals surface area contributed by atoms with E-state index in [0.717, 1.165) is 0 Å². The standard InChI is InChI=1S/C4H11O3PS/c1-8(2)3-4-9(5,6)7/h3-4H2,1-2H3,(H,5,6,7). The Labute approximate surface area is 57.0 Å². The first kappa shape index (κ1) is 9.34. The first-order valence-electron chi connectivity index (χ1n) is 2.52. The normalized spacial score (nSPS) is 12.4. The van der Waals surface area contributed by atoms with E-state index in [-0.39, 0.29) is 13.7 Å². The molecule has 0 heterocycles. The Morgan fingerprint density at radius 2 is 1.89 bits per heavy atom. The summed E-state index contributed by atoms with van der Waals surface area (Å²) < 4.78 is 28.5.